The van der Waals surface area contributed by atoms with E-state index >= 15 is 0 Å². The zero-order chi connectivity index (χ0) is 47.1. The number of amides is 2. The molecule has 2 amide bonds. The van der Waals surface area contributed by atoms with Gasteiger partial charge in [0, 0.05) is 38.9 Å². The number of aromatic nitrogens is 1. The lowest BCUT2D eigenvalue weighted by molar-refractivity contribution is -0.654. The standard InChI is InChI=1S/C46H75N5O14S/c1-39-4-9-42-43(36-39)66-46(40-5-7-41(8-6-40)50(2)3)51(42)13-11-48-44(52)37-65-38-45(53)49-12-15-55-17-19-57-21-23-59-25-27-61-29-31-63-33-35-64-34-32-62-30-28-60-26-24-58-22-20-56-18-16-54-14-10-47/h4-9,36H,10-35,37-38,47H2,1-3H3,(H-,48,49,52,53)/p+1. The molecule has 3 rings (SSSR count). The highest BCUT2D eigenvalue weighted by Gasteiger charge is 2.22. The summed E-state index contributed by atoms with van der Waals surface area (Å²) in [6.07, 6.45) is 0. The Hall–Kier alpha value is -3.45. The monoisotopic (exact) mass is 955 g/mol. The van der Waals surface area contributed by atoms with Gasteiger partial charge in [0.1, 0.15) is 17.9 Å². The molecule has 19 nitrogen and oxygen atoms in total. The molecule has 0 spiro atoms. The van der Waals surface area contributed by atoms with E-state index in [1.165, 1.54) is 10.3 Å². The maximum Gasteiger partial charge on any atom is 0.270 e. The highest BCUT2D eigenvalue weighted by molar-refractivity contribution is 7.21. The summed E-state index contributed by atoms with van der Waals surface area (Å²) in [5.41, 5.74) is 9.91. The lowest BCUT2D eigenvalue weighted by atomic mass is 10.2. The van der Waals surface area contributed by atoms with Gasteiger partial charge >= 0.3 is 0 Å². The maximum atomic E-state index is 12.5. The van der Waals surface area contributed by atoms with E-state index in [0.29, 0.717) is 172 Å². The molecule has 0 saturated carbocycles. The third-order valence-electron chi connectivity index (χ3n) is 9.16. The fourth-order valence-electron chi connectivity index (χ4n) is 5.83. The van der Waals surface area contributed by atoms with Crippen LogP contribution in [0.5, 0.6) is 0 Å². The van der Waals surface area contributed by atoms with Crippen molar-refractivity contribution in [1.82, 2.24) is 10.6 Å². The van der Waals surface area contributed by atoms with E-state index in [1.807, 2.05) is 14.1 Å². The first-order valence-electron chi connectivity index (χ1n) is 22.8. The Balaban J connectivity index is 1.01. The average molecular weight is 955 g/mol. The minimum atomic E-state index is -0.322. The fraction of sp³-hybridized carbons (Fsp3) is 0.674. The number of hydrogen-bond acceptors (Lipinski definition) is 17. The Bertz CT molecular complexity index is 1670. The average Bonchev–Trinajstić information content (AvgIpc) is 3.67. The van der Waals surface area contributed by atoms with Crippen LogP contribution in [0.2, 0.25) is 0 Å². The molecule has 4 N–H and O–H groups in total. The van der Waals surface area contributed by atoms with Gasteiger partial charge in [0.05, 0.1) is 157 Å². The van der Waals surface area contributed by atoms with Gasteiger partial charge in [-0.1, -0.05) is 17.4 Å². The van der Waals surface area contributed by atoms with Crippen molar-refractivity contribution in [3.05, 3.63) is 48.0 Å². The molecular formula is C46H76N5O14S+. The predicted octanol–water partition coefficient (Wildman–Crippen LogP) is 1.62. The number of anilines is 1. The summed E-state index contributed by atoms with van der Waals surface area (Å²) in [5, 5.41) is 6.75. The van der Waals surface area contributed by atoms with Crippen LogP contribution in [0.15, 0.2) is 42.5 Å². The predicted molar refractivity (Wildman–Crippen MR) is 251 cm³/mol. The minimum Gasteiger partial charge on any atom is -0.378 e. The van der Waals surface area contributed by atoms with Crippen molar-refractivity contribution in [2.45, 2.75) is 13.5 Å². The summed E-state index contributed by atoms with van der Waals surface area (Å²) in [7, 11) is 4.04. The van der Waals surface area contributed by atoms with Crippen molar-refractivity contribution in [3.8, 4) is 10.6 Å². The van der Waals surface area contributed by atoms with Gasteiger partial charge in [-0.2, -0.15) is 4.57 Å². The van der Waals surface area contributed by atoms with Gasteiger partial charge in [-0.05, 0) is 42.8 Å². The van der Waals surface area contributed by atoms with Crippen molar-refractivity contribution in [3.63, 3.8) is 0 Å². The quantitative estimate of drug-likeness (QED) is 0.0545. The second-order valence-electron chi connectivity index (χ2n) is 14.7. The number of carbonyl (C=O) groups is 2. The summed E-state index contributed by atoms with van der Waals surface area (Å²) in [6, 6.07) is 14.9. The van der Waals surface area contributed by atoms with Gasteiger partial charge in [0.2, 0.25) is 17.3 Å². The number of nitrogens with one attached hydrogen (secondary N) is 2. The summed E-state index contributed by atoms with van der Waals surface area (Å²) >= 11 is 1.74. The number of hydrogen-bond donors (Lipinski definition) is 3. The highest BCUT2D eigenvalue weighted by Crippen LogP contribution is 2.30. The van der Waals surface area contributed by atoms with E-state index in [1.54, 1.807) is 11.3 Å². The van der Waals surface area contributed by atoms with Gasteiger partial charge in [0.15, 0.2) is 6.54 Å². The van der Waals surface area contributed by atoms with E-state index < -0.39 is 0 Å². The lowest BCUT2D eigenvalue weighted by Crippen LogP contribution is -2.42. The second kappa shape index (κ2) is 38.5. The summed E-state index contributed by atoms with van der Waals surface area (Å²) < 4.78 is 68.8. The summed E-state index contributed by atoms with van der Waals surface area (Å²) in [6.45, 7) is 14.0. The van der Waals surface area contributed by atoms with Gasteiger partial charge in [-0.3, -0.25) is 9.59 Å². The molecule has 374 valence electrons. The van der Waals surface area contributed by atoms with Crippen LogP contribution < -0.4 is 25.8 Å². The molecule has 0 aliphatic carbocycles. The molecule has 3 aromatic rings. The largest absolute Gasteiger partial charge is 0.378 e. The number of carbonyl (C=O) groups excluding carboxylic acids is 2. The molecule has 0 aliphatic heterocycles. The smallest absolute Gasteiger partial charge is 0.270 e. The minimum absolute atomic E-state index is 0.210. The molecule has 0 aliphatic rings. The number of fused-ring (bicyclic) bond motifs is 1. The van der Waals surface area contributed by atoms with Crippen molar-refractivity contribution < 1.29 is 71.0 Å². The van der Waals surface area contributed by atoms with Crippen LogP contribution in [0, 0.1) is 6.92 Å². The van der Waals surface area contributed by atoms with Crippen LogP contribution in [0.1, 0.15) is 5.56 Å². The molecule has 1 aromatic heterocycles. The Morgan fingerprint density at radius 3 is 1.33 bits per heavy atom. The van der Waals surface area contributed by atoms with Gasteiger partial charge in [-0.15, -0.1) is 0 Å². The number of rotatable bonds is 44. The third-order valence-corrected chi connectivity index (χ3v) is 10.4. The number of thiazole rings is 1. The highest BCUT2D eigenvalue weighted by atomic mass is 32.1. The number of nitrogens with two attached hydrogens (primary N) is 1. The molecule has 0 fully saturated rings. The fourth-order valence-corrected chi connectivity index (χ4v) is 7.12. The molecule has 1 heterocycles. The molecule has 20 heteroatoms. The number of nitrogens with zero attached hydrogens (tertiary/aromatic N) is 2. The zero-order valence-corrected chi connectivity index (χ0v) is 40.3. The lowest BCUT2D eigenvalue weighted by Gasteiger charge is -2.11. The van der Waals surface area contributed by atoms with Crippen LogP contribution in [0.25, 0.3) is 20.8 Å². The maximum absolute atomic E-state index is 12.5. The Kier molecular flexibility index (Phi) is 33.2. The molecule has 0 radical (unpaired) electrons. The first kappa shape index (κ1) is 56.9. The van der Waals surface area contributed by atoms with Crippen molar-refractivity contribution in [2.24, 2.45) is 5.73 Å². The van der Waals surface area contributed by atoms with Gasteiger partial charge in [0.25, 0.3) is 5.01 Å². The Morgan fingerprint density at radius 2 is 0.924 bits per heavy atom. The van der Waals surface area contributed by atoms with Crippen molar-refractivity contribution in [1.29, 1.82) is 0 Å². The summed E-state index contributed by atoms with van der Waals surface area (Å²) in [4.78, 5) is 26.7. The first-order valence-corrected chi connectivity index (χ1v) is 23.6. The Labute approximate surface area is 394 Å². The number of ether oxygens (including phenoxy) is 12. The van der Waals surface area contributed by atoms with E-state index in [2.05, 4.69) is 69.5 Å². The third kappa shape index (κ3) is 27.4. The molecule has 0 saturated heterocycles. The van der Waals surface area contributed by atoms with E-state index in [9.17, 15) is 9.59 Å². The van der Waals surface area contributed by atoms with Crippen LogP contribution >= 0.6 is 11.3 Å². The number of aryl methyl sites for hydroxylation is 1. The van der Waals surface area contributed by atoms with E-state index in [0.717, 1.165) is 21.8 Å². The normalized spacial score (nSPS) is 11.5. The molecule has 0 atom stereocenters. The van der Waals surface area contributed by atoms with E-state index in [4.69, 9.17) is 62.6 Å². The van der Waals surface area contributed by atoms with Gasteiger partial charge < -0.3 is 78.1 Å². The van der Waals surface area contributed by atoms with Crippen LogP contribution in [-0.4, -0.2) is 204 Å². The van der Waals surface area contributed by atoms with Crippen LogP contribution in [0.4, 0.5) is 5.69 Å². The van der Waals surface area contributed by atoms with Crippen LogP contribution in [-0.2, 0) is 73.0 Å². The molecule has 0 unspecified atom stereocenters. The Morgan fingerprint density at radius 1 is 0.530 bits per heavy atom. The zero-order valence-electron chi connectivity index (χ0n) is 39.4. The van der Waals surface area contributed by atoms with E-state index in [-0.39, 0.29) is 25.0 Å². The first-order chi connectivity index (χ1) is 32.4. The van der Waals surface area contributed by atoms with Crippen molar-refractivity contribution in [2.75, 3.05) is 197 Å². The molecule has 0 bridgehead atoms. The molecular weight excluding hydrogens is 879 g/mol. The summed E-state index contributed by atoms with van der Waals surface area (Å²) in [5.74, 6) is -0.605. The SMILES string of the molecule is Cc1ccc2c(c1)sc(-c1ccc(N(C)C)cc1)[n+]2CCNC(=O)COCC(=O)NCCOCCOCCOCCOCCOCCOCCOCCOCCOCCOCCOCCN. The number of benzene rings is 2. The second-order valence-corrected chi connectivity index (χ2v) is 15.7. The topological polar surface area (TPSA) is 202 Å². The molecule has 66 heavy (non-hydrogen) atoms. The van der Waals surface area contributed by atoms with Crippen molar-refractivity contribution >= 4 is 39.1 Å². The van der Waals surface area contributed by atoms with Crippen LogP contribution in [0.3, 0.4) is 0 Å². The molecule has 2 aromatic carbocycles. The van der Waals surface area contributed by atoms with Gasteiger partial charge in [-0.25, -0.2) is 0 Å².